The van der Waals surface area contributed by atoms with Gasteiger partial charge in [-0.15, -0.1) is 6.58 Å². The molecule has 0 aromatic rings. The van der Waals surface area contributed by atoms with E-state index in [1.54, 1.807) is 13.0 Å². The number of aliphatic carboxylic acids is 1. The Morgan fingerprint density at radius 2 is 2.12 bits per heavy atom. The highest BCUT2D eigenvalue weighted by atomic mass is 16.4. The predicted octanol–water partition coefficient (Wildman–Crippen LogP) is 0.0858. The Morgan fingerprint density at radius 1 is 1.56 bits per heavy atom. The van der Waals surface area contributed by atoms with E-state index in [4.69, 9.17) is 5.11 Å². The molecule has 0 aromatic carbocycles. The second-order valence-corrected chi connectivity index (χ2v) is 3.83. The van der Waals surface area contributed by atoms with Crippen LogP contribution < -0.4 is 10.6 Å². The molecule has 16 heavy (non-hydrogen) atoms. The van der Waals surface area contributed by atoms with Crippen LogP contribution in [0.25, 0.3) is 0 Å². The molecule has 4 N–H and O–H groups in total. The molecule has 0 saturated heterocycles. The van der Waals surface area contributed by atoms with Gasteiger partial charge in [0.1, 0.15) is 0 Å². The Kier molecular flexibility index (Phi) is 5.52. The lowest BCUT2D eigenvalue weighted by atomic mass is 10.1. The number of amides is 2. The van der Waals surface area contributed by atoms with Crippen molar-refractivity contribution in [1.29, 1.82) is 0 Å². The number of aliphatic hydroxyl groups is 1. The molecule has 0 radical (unpaired) electrons. The fourth-order valence-electron chi connectivity index (χ4n) is 0.912. The molecule has 92 valence electrons. The van der Waals surface area contributed by atoms with E-state index >= 15 is 0 Å². The average Bonchev–Trinajstić information content (AvgIpc) is 2.15. The summed E-state index contributed by atoms with van der Waals surface area (Å²) in [6, 6.07) is -0.608. The van der Waals surface area contributed by atoms with Crippen LogP contribution in [0.1, 0.15) is 20.3 Å². The minimum Gasteiger partial charge on any atom is -0.479 e. The van der Waals surface area contributed by atoms with Crippen LogP contribution in [0.3, 0.4) is 0 Å². The standard InChI is InChI=1S/C10H18N2O4/c1-4-5-7(2)12-9(15)11-6-10(3,16)8(13)14/h4,7,16H,1,5-6H2,2-3H3,(H,13,14)(H2,11,12,15). The van der Waals surface area contributed by atoms with Gasteiger partial charge in [-0.25, -0.2) is 9.59 Å². The van der Waals surface area contributed by atoms with Crippen molar-refractivity contribution in [3.63, 3.8) is 0 Å². The summed E-state index contributed by atoms with van der Waals surface area (Å²) in [7, 11) is 0. The maximum atomic E-state index is 11.2. The van der Waals surface area contributed by atoms with Gasteiger partial charge >= 0.3 is 12.0 Å². The fraction of sp³-hybridized carbons (Fsp3) is 0.600. The van der Waals surface area contributed by atoms with Crippen LogP contribution in [0, 0.1) is 0 Å². The third-order valence-corrected chi connectivity index (χ3v) is 1.95. The van der Waals surface area contributed by atoms with Crippen molar-refractivity contribution in [1.82, 2.24) is 10.6 Å². The molecule has 0 aliphatic heterocycles. The van der Waals surface area contributed by atoms with E-state index in [2.05, 4.69) is 17.2 Å². The zero-order chi connectivity index (χ0) is 12.8. The van der Waals surface area contributed by atoms with Crippen molar-refractivity contribution >= 4 is 12.0 Å². The van der Waals surface area contributed by atoms with Gasteiger partial charge in [0.15, 0.2) is 5.60 Å². The monoisotopic (exact) mass is 230 g/mol. The Hall–Kier alpha value is -1.56. The third kappa shape index (κ3) is 5.35. The number of hydrogen-bond acceptors (Lipinski definition) is 3. The molecule has 0 aliphatic carbocycles. The third-order valence-electron chi connectivity index (χ3n) is 1.95. The first-order valence-corrected chi connectivity index (χ1v) is 4.90. The maximum absolute atomic E-state index is 11.2. The Morgan fingerprint density at radius 3 is 2.56 bits per heavy atom. The molecule has 0 rings (SSSR count). The second-order valence-electron chi connectivity index (χ2n) is 3.83. The van der Waals surface area contributed by atoms with Crippen molar-refractivity contribution in [3.8, 4) is 0 Å². The van der Waals surface area contributed by atoms with Crippen LogP contribution in [-0.2, 0) is 4.79 Å². The van der Waals surface area contributed by atoms with Crippen LogP contribution >= 0.6 is 0 Å². The number of carboxylic acids is 1. The number of hydrogen-bond donors (Lipinski definition) is 4. The minimum absolute atomic E-state index is 0.0905. The van der Waals surface area contributed by atoms with E-state index in [0.29, 0.717) is 6.42 Å². The second kappa shape index (κ2) is 6.12. The largest absolute Gasteiger partial charge is 0.479 e. The lowest BCUT2D eigenvalue weighted by molar-refractivity contribution is -0.155. The zero-order valence-corrected chi connectivity index (χ0v) is 9.49. The van der Waals surface area contributed by atoms with Gasteiger partial charge < -0.3 is 20.8 Å². The normalized spacial score (nSPS) is 15.7. The molecule has 0 bridgehead atoms. The van der Waals surface area contributed by atoms with Gasteiger partial charge in [0.2, 0.25) is 0 Å². The fourth-order valence-corrected chi connectivity index (χ4v) is 0.912. The summed E-state index contributed by atoms with van der Waals surface area (Å²) < 4.78 is 0. The van der Waals surface area contributed by atoms with Crippen LogP contribution in [0.2, 0.25) is 0 Å². The molecule has 0 fully saturated rings. The number of rotatable bonds is 6. The van der Waals surface area contributed by atoms with Gasteiger partial charge in [0.25, 0.3) is 0 Å². The highest BCUT2D eigenvalue weighted by Gasteiger charge is 2.30. The minimum atomic E-state index is -1.96. The van der Waals surface area contributed by atoms with Gasteiger partial charge in [-0.1, -0.05) is 6.08 Å². The molecular weight excluding hydrogens is 212 g/mol. The van der Waals surface area contributed by atoms with Crippen molar-refractivity contribution in [2.24, 2.45) is 0 Å². The first-order chi connectivity index (χ1) is 7.29. The molecule has 2 atom stereocenters. The summed E-state index contributed by atoms with van der Waals surface area (Å²) in [5.74, 6) is -1.38. The first kappa shape index (κ1) is 14.4. The highest BCUT2D eigenvalue weighted by Crippen LogP contribution is 2.00. The first-order valence-electron chi connectivity index (χ1n) is 4.90. The van der Waals surface area contributed by atoms with Gasteiger partial charge in [-0.2, -0.15) is 0 Å². The van der Waals surface area contributed by atoms with E-state index in [0.717, 1.165) is 6.92 Å². The van der Waals surface area contributed by atoms with Crippen LogP contribution in [-0.4, -0.2) is 40.4 Å². The SMILES string of the molecule is C=CCC(C)NC(=O)NCC(C)(O)C(=O)O. The molecule has 6 nitrogen and oxygen atoms in total. The molecule has 2 unspecified atom stereocenters. The molecule has 6 heteroatoms. The van der Waals surface area contributed by atoms with Gasteiger partial charge in [-0.05, 0) is 20.3 Å². The van der Waals surface area contributed by atoms with Crippen LogP contribution in [0.5, 0.6) is 0 Å². The number of carboxylic acid groups (broad SMARTS) is 1. The summed E-state index contributed by atoms with van der Waals surface area (Å²) in [5.41, 5.74) is -1.96. The summed E-state index contributed by atoms with van der Waals surface area (Å²) in [4.78, 5) is 21.8. The van der Waals surface area contributed by atoms with E-state index in [1.807, 2.05) is 0 Å². The van der Waals surface area contributed by atoms with Crippen molar-refractivity contribution in [3.05, 3.63) is 12.7 Å². The van der Waals surface area contributed by atoms with Crippen LogP contribution in [0.4, 0.5) is 4.79 Å². The quantitative estimate of drug-likeness (QED) is 0.486. The molecule has 0 spiro atoms. The zero-order valence-electron chi connectivity index (χ0n) is 9.49. The Balaban J connectivity index is 3.99. The number of carbonyl (C=O) groups is 2. The van der Waals surface area contributed by atoms with Gasteiger partial charge in [0.05, 0.1) is 6.54 Å². The number of urea groups is 1. The summed E-state index contributed by atoms with van der Waals surface area (Å²) >= 11 is 0. The Bertz CT molecular complexity index is 276. The maximum Gasteiger partial charge on any atom is 0.337 e. The molecule has 2 amide bonds. The van der Waals surface area contributed by atoms with Crippen molar-refractivity contribution in [2.75, 3.05) is 6.54 Å². The van der Waals surface area contributed by atoms with Crippen LogP contribution in [0.15, 0.2) is 12.7 Å². The molecule has 0 aliphatic rings. The Labute approximate surface area is 94.3 Å². The molecule has 0 aromatic heterocycles. The lowest BCUT2D eigenvalue weighted by Gasteiger charge is -2.19. The molecule has 0 heterocycles. The predicted molar refractivity (Wildman–Crippen MR) is 59.1 cm³/mol. The van der Waals surface area contributed by atoms with Crippen molar-refractivity contribution < 1.29 is 19.8 Å². The highest BCUT2D eigenvalue weighted by molar-refractivity contribution is 5.79. The van der Waals surface area contributed by atoms with E-state index in [9.17, 15) is 14.7 Å². The van der Waals surface area contributed by atoms with Gasteiger partial charge in [-0.3, -0.25) is 0 Å². The smallest absolute Gasteiger partial charge is 0.337 e. The number of nitrogens with one attached hydrogen (secondary N) is 2. The summed E-state index contributed by atoms with van der Waals surface area (Å²) in [5, 5.41) is 22.8. The molecule has 0 saturated carbocycles. The topological polar surface area (TPSA) is 98.7 Å². The summed E-state index contributed by atoms with van der Waals surface area (Å²) in [6.07, 6.45) is 2.28. The lowest BCUT2D eigenvalue weighted by Crippen LogP contribution is -2.50. The summed E-state index contributed by atoms with van der Waals surface area (Å²) in [6.45, 7) is 6.08. The van der Waals surface area contributed by atoms with Gasteiger partial charge in [0, 0.05) is 6.04 Å². The van der Waals surface area contributed by atoms with E-state index in [1.165, 1.54) is 0 Å². The van der Waals surface area contributed by atoms with Crippen molar-refractivity contribution in [2.45, 2.75) is 31.9 Å². The number of carbonyl (C=O) groups excluding carboxylic acids is 1. The average molecular weight is 230 g/mol. The van der Waals surface area contributed by atoms with E-state index < -0.39 is 17.6 Å². The molecular formula is C10H18N2O4. The van der Waals surface area contributed by atoms with E-state index in [-0.39, 0.29) is 12.6 Å².